The number of aromatic nitrogens is 4. The van der Waals surface area contributed by atoms with Gasteiger partial charge in [0.1, 0.15) is 35.4 Å². The van der Waals surface area contributed by atoms with Crippen molar-refractivity contribution in [1.29, 1.82) is 0 Å². The number of ether oxygens (including phenoxy) is 2. The van der Waals surface area contributed by atoms with E-state index in [4.69, 9.17) is 26.8 Å². The molecule has 20 nitrogen and oxygen atoms in total. The Labute approximate surface area is 330 Å². The van der Waals surface area contributed by atoms with Gasteiger partial charge in [0.05, 0.1) is 30.7 Å². The van der Waals surface area contributed by atoms with Crippen molar-refractivity contribution in [2.24, 2.45) is 0 Å². The number of aliphatic hydroxyl groups is 2. The Kier molecular flexibility index (Phi) is 12.6. The van der Waals surface area contributed by atoms with E-state index in [0.717, 1.165) is 3.57 Å². The van der Waals surface area contributed by atoms with Gasteiger partial charge in [-0.05, 0) is 28.7 Å². The average molecular weight is 896 g/mol. The summed E-state index contributed by atoms with van der Waals surface area (Å²) in [7, 11) is 1.54. The van der Waals surface area contributed by atoms with Crippen molar-refractivity contribution in [2.75, 3.05) is 87.7 Å². The first-order valence-corrected chi connectivity index (χ1v) is 18.6. The number of nitrogens with zero attached hydrogens (tertiary/aromatic N) is 5. The second-order valence-corrected chi connectivity index (χ2v) is 14.3. The Morgan fingerprint density at radius 2 is 1.82 bits per heavy atom. The van der Waals surface area contributed by atoms with Gasteiger partial charge in [-0.15, -0.1) is 0 Å². The number of methoxy groups -OCH3 is 1. The first-order chi connectivity index (χ1) is 26.4. The van der Waals surface area contributed by atoms with Crippen LogP contribution in [0.25, 0.3) is 11.2 Å². The number of nitrogens with two attached hydrogens (primary N) is 1. The molecule has 0 unspecified atom stereocenters. The Balaban J connectivity index is 0.891. The van der Waals surface area contributed by atoms with Crippen molar-refractivity contribution in [3.8, 4) is 5.75 Å². The molecule has 0 aliphatic carbocycles. The maximum atomic E-state index is 12.8. The molecular formula is C33H39ClIN11O9. The number of carbonyl (C=O) groups excluding carboxylic acids is 2. The highest BCUT2D eigenvalue weighted by atomic mass is 127. The van der Waals surface area contributed by atoms with E-state index in [-0.39, 0.29) is 66.5 Å². The van der Waals surface area contributed by atoms with E-state index in [2.05, 4.69) is 63.7 Å². The highest BCUT2D eigenvalue weighted by Gasteiger charge is 2.44. The van der Waals surface area contributed by atoms with Crippen molar-refractivity contribution in [3.05, 3.63) is 70.0 Å². The van der Waals surface area contributed by atoms with Gasteiger partial charge in [-0.1, -0.05) is 17.7 Å². The monoisotopic (exact) mass is 895 g/mol. The SMILES string of the molecule is COc1cc(Cl)c(I)cc1NCC(=O)N1CCN(CC=CC(=O)NCCNc2c(NC[C@H]3O[C@@H](n4cnc5c(=O)[nH]c(N)nc54)[C@H](O)[C@@H]3O)c(=O)c2=O)CC1. The van der Waals surface area contributed by atoms with Gasteiger partial charge < -0.3 is 51.6 Å². The number of halogens is 2. The second-order valence-electron chi connectivity index (χ2n) is 12.7. The number of nitrogens with one attached hydrogen (secondary N) is 5. The number of aliphatic hydroxyl groups excluding tert-OH is 2. The molecule has 2 amide bonds. The summed E-state index contributed by atoms with van der Waals surface area (Å²) < 4.78 is 13.3. The lowest BCUT2D eigenvalue weighted by Crippen LogP contribution is -2.50. The lowest BCUT2D eigenvalue weighted by Gasteiger charge is -2.34. The number of benzene rings is 1. The third-order valence-electron chi connectivity index (χ3n) is 9.21. The van der Waals surface area contributed by atoms with Crippen LogP contribution in [-0.2, 0) is 14.3 Å². The Bertz CT molecular complexity index is 2210. The van der Waals surface area contributed by atoms with Crippen LogP contribution in [0.3, 0.4) is 0 Å². The van der Waals surface area contributed by atoms with Crippen LogP contribution in [0.15, 0.2) is 45.0 Å². The zero-order valence-electron chi connectivity index (χ0n) is 29.4. The smallest absolute Gasteiger partial charge is 0.280 e. The van der Waals surface area contributed by atoms with Gasteiger partial charge in [-0.25, -0.2) is 4.98 Å². The van der Waals surface area contributed by atoms with Crippen LogP contribution < -0.4 is 48.2 Å². The first-order valence-electron chi connectivity index (χ1n) is 17.1. The molecule has 0 spiro atoms. The summed E-state index contributed by atoms with van der Waals surface area (Å²) in [4.78, 5) is 76.1. The molecule has 2 aromatic carbocycles. The molecule has 2 aliphatic rings. The van der Waals surface area contributed by atoms with Gasteiger partial charge in [0.25, 0.3) is 16.4 Å². The number of hydrogen-bond acceptors (Lipinski definition) is 16. The normalized spacial score (nSPS) is 20.3. The summed E-state index contributed by atoms with van der Waals surface area (Å²) >= 11 is 8.28. The molecule has 6 rings (SSSR count). The minimum atomic E-state index is -1.44. The highest BCUT2D eigenvalue weighted by molar-refractivity contribution is 14.1. The van der Waals surface area contributed by atoms with Crippen molar-refractivity contribution >= 4 is 80.2 Å². The molecular weight excluding hydrogens is 857 g/mol. The topological polar surface area (TPSA) is 271 Å². The third-order valence-corrected chi connectivity index (χ3v) is 10.7. The van der Waals surface area contributed by atoms with E-state index in [1.165, 1.54) is 24.1 Å². The fourth-order valence-electron chi connectivity index (χ4n) is 6.23. The van der Waals surface area contributed by atoms with E-state index in [1.807, 2.05) is 6.07 Å². The molecule has 2 fully saturated rings. The second kappa shape index (κ2) is 17.3. The predicted octanol–water partition coefficient (Wildman–Crippen LogP) is -1.36. The largest absolute Gasteiger partial charge is 0.495 e. The number of aromatic amines is 1. The Morgan fingerprint density at radius 1 is 1.09 bits per heavy atom. The Morgan fingerprint density at radius 3 is 2.55 bits per heavy atom. The summed E-state index contributed by atoms with van der Waals surface area (Å²) in [5, 5.41) is 33.4. The summed E-state index contributed by atoms with van der Waals surface area (Å²) in [6, 6.07) is 3.53. The zero-order chi connectivity index (χ0) is 39.4. The van der Waals surface area contributed by atoms with E-state index in [0.29, 0.717) is 49.2 Å². The molecule has 0 radical (unpaired) electrons. The van der Waals surface area contributed by atoms with Crippen molar-refractivity contribution in [2.45, 2.75) is 24.5 Å². The first kappa shape index (κ1) is 39.9. The fraction of sp³-hybridized carbons (Fsp3) is 0.424. The predicted molar refractivity (Wildman–Crippen MR) is 211 cm³/mol. The number of piperazine rings is 1. The van der Waals surface area contributed by atoms with Gasteiger partial charge in [-0.3, -0.25) is 38.4 Å². The maximum Gasteiger partial charge on any atom is 0.280 e. The number of imidazole rings is 1. The standard InChI is InChI=1S/C33H39ClIN11O9/c1-54-19-11-16(34)17(35)12-18(19)39-14-22(48)45-9-7-44(8-10-45)6-2-3-21(47)37-4-5-38-23-24(28(51)27(23)50)40-13-20-26(49)29(52)32(55-20)46-15-41-25-30(46)42-33(36)43-31(25)53/h2-3,11-12,15,20,26,29,32,38-40,49,52H,4-10,13-14H2,1H3,(H,37,47)(H3,36,42,43,53)/t20-,26-,29-,32-/m1/s1. The molecule has 2 aliphatic heterocycles. The van der Waals surface area contributed by atoms with Crippen LogP contribution in [0.1, 0.15) is 6.23 Å². The quantitative estimate of drug-likeness (QED) is 0.0296. The number of fused-ring (bicyclic) bond motifs is 1. The van der Waals surface area contributed by atoms with Crippen molar-refractivity contribution in [1.82, 2.24) is 34.6 Å². The van der Waals surface area contributed by atoms with E-state index < -0.39 is 41.0 Å². The number of amides is 2. The molecule has 294 valence electrons. The number of nitrogen functional groups attached to an aromatic ring is 1. The van der Waals surface area contributed by atoms with Crippen LogP contribution in [0.5, 0.6) is 5.75 Å². The van der Waals surface area contributed by atoms with Crippen molar-refractivity contribution in [3.63, 3.8) is 0 Å². The number of H-pyrrole nitrogens is 1. The summed E-state index contributed by atoms with van der Waals surface area (Å²) in [5.74, 6) is 0.00304. The van der Waals surface area contributed by atoms with E-state index in [9.17, 15) is 34.2 Å². The van der Waals surface area contributed by atoms with Crippen LogP contribution in [0.4, 0.5) is 23.0 Å². The van der Waals surface area contributed by atoms with Crippen molar-refractivity contribution < 1.29 is 29.3 Å². The van der Waals surface area contributed by atoms with E-state index >= 15 is 0 Å². The Hall–Kier alpha value is -4.81. The molecule has 22 heteroatoms. The minimum Gasteiger partial charge on any atom is -0.495 e. The number of hydrogen-bond donors (Lipinski definition) is 8. The van der Waals surface area contributed by atoms with Gasteiger partial charge in [-0.2, -0.15) is 4.98 Å². The molecule has 4 aromatic rings. The van der Waals surface area contributed by atoms with Gasteiger partial charge in [0.15, 0.2) is 17.4 Å². The zero-order valence-corrected chi connectivity index (χ0v) is 32.3. The molecule has 4 heterocycles. The van der Waals surface area contributed by atoms with Crippen LogP contribution in [0, 0.1) is 3.57 Å². The lowest BCUT2D eigenvalue weighted by molar-refractivity contribution is -0.130. The molecule has 4 atom stereocenters. The van der Waals surface area contributed by atoms with Gasteiger partial charge in [0, 0.05) is 68.1 Å². The number of anilines is 4. The van der Waals surface area contributed by atoms with Crippen LogP contribution in [0.2, 0.25) is 5.02 Å². The number of rotatable bonds is 15. The molecule has 2 aromatic heterocycles. The molecule has 0 bridgehead atoms. The van der Waals surface area contributed by atoms with Crippen LogP contribution in [-0.4, -0.2) is 136 Å². The minimum absolute atomic E-state index is 0.0198. The van der Waals surface area contributed by atoms with E-state index in [1.54, 1.807) is 17.0 Å². The fourth-order valence-corrected chi connectivity index (χ4v) is 6.85. The molecule has 0 saturated carbocycles. The molecule has 2 saturated heterocycles. The third kappa shape index (κ3) is 8.86. The average Bonchev–Trinajstić information content (AvgIpc) is 3.71. The van der Waals surface area contributed by atoms with Gasteiger partial charge in [0.2, 0.25) is 17.8 Å². The highest BCUT2D eigenvalue weighted by Crippen LogP contribution is 2.33. The molecule has 9 N–H and O–H groups in total. The summed E-state index contributed by atoms with van der Waals surface area (Å²) in [6.45, 7) is 3.15. The maximum absolute atomic E-state index is 12.8. The molecule has 55 heavy (non-hydrogen) atoms. The van der Waals surface area contributed by atoms with Crippen LogP contribution >= 0.6 is 34.2 Å². The lowest BCUT2D eigenvalue weighted by atomic mass is 10.1. The summed E-state index contributed by atoms with van der Waals surface area (Å²) in [5.41, 5.74) is 4.24. The van der Waals surface area contributed by atoms with Gasteiger partial charge >= 0.3 is 0 Å². The number of carbonyl (C=O) groups is 2. The summed E-state index contributed by atoms with van der Waals surface area (Å²) in [6.07, 6.45) is -0.671.